The molecule has 0 aromatic carbocycles. The third kappa shape index (κ3) is 2.17. The lowest BCUT2D eigenvalue weighted by molar-refractivity contribution is 0.0854. The summed E-state index contributed by atoms with van der Waals surface area (Å²) < 4.78 is 0. The van der Waals surface area contributed by atoms with Crippen molar-refractivity contribution in [1.29, 1.82) is 0 Å². The van der Waals surface area contributed by atoms with Crippen LogP contribution >= 0.6 is 0 Å². The normalized spacial score (nSPS) is 46.4. The van der Waals surface area contributed by atoms with Crippen LogP contribution in [-0.4, -0.2) is 0 Å². The fourth-order valence-electron chi connectivity index (χ4n) is 5.35. The van der Waals surface area contributed by atoms with E-state index in [9.17, 15) is 0 Å². The number of hydrogen-bond donors (Lipinski definition) is 0. The van der Waals surface area contributed by atoms with Gasteiger partial charge < -0.3 is 0 Å². The Bertz CT molecular complexity index is 261. The average Bonchev–Trinajstić information content (AvgIpc) is 2.75. The van der Waals surface area contributed by atoms with E-state index in [1.165, 1.54) is 19.3 Å². The Labute approximate surface area is 108 Å². The molecule has 3 fully saturated rings. The quantitative estimate of drug-likeness (QED) is 0.525. The van der Waals surface area contributed by atoms with Gasteiger partial charge in [-0.15, -0.1) is 0 Å². The molecule has 3 aliphatic carbocycles. The van der Waals surface area contributed by atoms with Crippen LogP contribution in [0.3, 0.4) is 0 Å². The summed E-state index contributed by atoms with van der Waals surface area (Å²) in [6.45, 7) is 7.33. The third-order valence-corrected chi connectivity index (χ3v) is 6.48. The van der Waals surface area contributed by atoms with Gasteiger partial charge in [0.25, 0.3) is 0 Å². The molecule has 0 bridgehead atoms. The van der Waals surface area contributed by atoms with Gasteiger partial charge in [0.1, 0.15) is 0 Å². The first kappa shape index (κ1) is 12.1. The molecule has 3 aliphatic rings. The molecule has 0 nitrogen and oxygen atoms in total. The van der Waals surface area contributed by atoms with Gasteiger partial charge in [-0.25, -0.2) is 0 Å². The predicted molar refractivity (Wildman–Crippen MR) is 73.9 cm³/mol. The molecule has 3 rings (SSSR count). The number of hydrogen-bond acceptors (Lipinski definition) is 0. The van der Waals surface area contributed by atoms with Gasteiger partial charge in [-0.3, -0.25) is 0 Å². The van der Waals surface area contributed by atoms with Crippen LogP contribution in [0.25, 0.3) is 0 Å². The monoisotopic (exact) mass is 234 g/mol. The van der Waals surface area contributed by atoms with E-state index in [1.54, 1.807) is 38.5 Å². The van der Waals surface area contributed by atoms with E-state index < -0.39 is 0 Å². The van der Waals surface area contributed by atoms with Crippen molar-refractivity contribution in [3.63, 3.8) is 0 Å². The summed E-state index contributed by atoms with van der Waals surface area (Å²) >= 11 is 0. The summed E-state index contributed by atoms with van der Waals surface area (Å²) in [5.74, 6) is 3.27. The Balaban J connectivity index is 1.62. The van der Waals surface area contributed by atoms with E-state index in [1.807, 2.05) is 0 Å². The first-order chi connectivity index (χ1) is 7.99. The summed E-state index contributed by atoms with van der Waals surface area (Å²) in [6.07, 6.45) is 14.0. The van der Waals surface area contributed by atoms with Crippen LogP contribution in [0.4, 0.5) is 0 Å². The molecule has 98 valence electrons. The minimum absolute atomic E-state index is 0.552. The number of fused-ring (bicyclic) bond motifs is 1. The molecular formula is C17H30. The Morgan fingerprint density at radius 3 is 1.82 bits per heavy atom. The van der Waals surface area contributed by atoms with Crippen LogP contribution in [-0.2, 0) is 0 Å². The van der Waals surface area contributed by atoms with E-state index >= 15 is 0 Å². The second-order valence-electron chi connectivity index (χ2n) is 8.50. The van der Waals surface area contributed by atoms with Crippen LogP contribution < -0.4 is 0 Å². The van der Waals surface area contributed by atoms with E-state index in [4.69, 9.17) is 0 Å². The standard InChI is InChI=1S/C17H30/c1-16(2,3)15-7-9-17(10-8-15)11-13-5-4-6-14(13)12-17/h13-15H,4-12H2,1-3H3/t13-,14+,15?,17?. The Hall–Kier alpha value is 0. The molecule has 0 aromatic rings. The zero-order chi connectivity index (χ0) is 12.1. The van der Waals surface area contributed by atoms with Crippen molar-refractivity contribution in [3.8, 4) is 0 Å². The van der Waals surface area contributed by atoms with Crippen LogP contribution in [0.2, 0.25) is 0 Å². The molecule has 0 unspecified atom stereocenters. The molecule has 0 aliphatic heterocycles. The average molecular weight is 234 g/mol. The van der Waals surface area contributed by atoms with Crippen molar-refractivity contribution in [2.75, 3.05) is 0 Å². The lowest BCUT2D eigenvalue weighted by Gasteiger charge is -2.43. The molecule has 0 aromatic heterocycles. The first-order valence-corrected chi connectivity index (χ1v) is 7.99. The molecule has 0 radical (unpaired) electrons. The van der Waals surface area contributed by atoms with Gasteiger partial charge in [-0.05, 0) is 67.1 Å². The molecule has 0 amide bonds. The summed E-state index contributed by atoms with van der Waals surface area (Å²) in [5.41, 5.74) is 1.37. The molecule has 0 N–H and O–H groups in total. The summed E-state index contributed by atoms with van der Waals surface area (Å²) in [7, 11) is 0. The van der Waals surface area contributed by atoms with Gasteiger partial charge in [0.05, 0.1) is 0 Å². The highest BCUT2D eigenvalue weighted by molar-refractivity contribution is 4.99. The fourth-order valence-corrected chi connectivity index (χ4v) is 5.35. The summed E-state index contributed by atoms with van der Waals surface area (Å²) in [5, 5.41) is 0. The summed E-state index contributed by atoms with van der Waals surface area (Å²) in [6, 6.07) is 0. The molecular weight excluding hydrogens is 204 g/mol. The maximum absolute atomic E-state index is 2.44. The molecule has 0 saturated heterocycles. The van der Waals surface area contributed by atoms with Crippen molar-refractivity contribution in [2.24, 2.45) is 28.6 Å². The van der Waals surface area contributed by atoms with E-state index in [2.05, 4.69) is 20.8 Å². The van der Waals surface area contributed by atoms with Crippen LogP contribution in [0, 0.1) is 28.6 Å². The lowest BCUT2D eigenvalue weighted by Crippen LogP contribution is -2.31. The maximum atomic E-state index is 2.44. The van der Waals surface area contributed by atoms with Crippen LogP contribution in [0.5, 0.6) is 0 Å². The van der Waals surface area contributed by atoms with Crippen molar-refractivity contribution in [2.45, 2.75) is 78.6 Å². The highest BCUT2D eigenvalue weighted by Gasteiger charge is 2.48. The van der Waals surface area contributed by atoms with Crippen molar-refractivity contribution >= 4 is 0 Å². The second kappa shape index (κ2) is 4.00. The van der Waals surface area contributed by atoms with Crippen molar-refractivity contribution in [1.82, 2.24) is 0 Å². The SMILES string of the molecule is CC(C)(C)C1CCC2(CC1)C[C@H]1CCC[C@H]1C2. The molecule has 17 heavy (non-hydrogen) atoms. The van der Waals surface area contributed by atoms with Gasteiger partial charge in [-0.2, -0.15) is 0 Å². The van der Waals surface area contributed by atoms with Crippen LogP contribution in [0.15, 0.2) is 0 Å². The smallest absolute Gasteiger partial charge is 0.0292 e. The lowest BCUT2D eigenvalue weighted by atomic mass is 9.63. The molecule has 0 heteroatoms. The predicted octanol–water partition coefficient (Wildman–Crippen LogP) is 5.42. The molecule has 0 heterocycles. The largest absolute Gasteiger partial charge is 0.0599 e. The zero-order valence-electron chi connectivity index (χ0n) is 12.1. The highest BCUT2D eigenvalue weighted by atomic mass is 14.5. The second-order valence-corrected chi connectivity index (χ2v) is 8.50. The third-order valence-electron chi connectivity index (χ3n) is 6.48. The Morgan fingerprint density at radius 1 is 0.824 bits per heavy atom. The number of rotatable bonds is 0. The van der Waals surface area contributed by atoms with Crippen molar-refractivity contribution < 1.29 is 0 Å². The van der Waals surface area contributed by atoms with E-state index in [0.29, 0.717) is 5.41 Å². The van der Waals surface area contributed by atoms with E-state index in [0.717, 1.165) is 23.2 Å². The van der Waals surface area contributed by atoms with E-state index in [-0.39, 0.29) is 0 Å². The minimum atomic E-state index is 0.552. The van der Waals surface area contributed by atoms with Gasteiger partial charge in [0.2, 0.25) is 0 Å². The minimum Gasteiger partial charge on any atom is -0.0599 e. The van der Waals surface area contributed by atoms with Gasteiger partial charge in [0, 0.05) is 0 Å². The molecule has 3 saturated carbocycles. The topological polar surface area (TPSA) is 0 Å². The van der Waals surface area contributed by atoms with Gasteiger partial charge in [-0.1, -0.05) is 40.0 Å². The first-order valence-electron chi connectivity index (χ1n) is 7.99. The zero-order valence-corrected chi connectivity index (χ0v) is 12.1. The van der Waals surface area contributed by atoms with Gasteiger partial charge in [0.15, 0.2) is 0 Å². The van der Waals surface area contributed by atoms with Crippen LogP contribution in [0.1, 0.15) is 78.6 Å². The Kier molecular flexibility index (Phi) is 2.84. The molecule has 1 spiro atoms. The van der Waals surface area contributed by atoms with Crippen molar-refractivity contribution in [3.05, 3.63) is 0 Å². The highest BCUT2D eigenvalue weighted by Crippen LogP contribution is 2.60. The maximum Gasteiger partial charge on any atom is -0.0292 e. The molecule has 2 atom stereocenters. The van der Waals surface area contributed by atoms with Gasteiger partial charge >= 0.3 is 0 Å². The Morgan fingerprint density at radius 2 is 1.35 bits per heavy atom. The fraction of sp³-hybridized carbons (Fsp3) is 1.00. The summed E-state index contributed by atoms with van der Waals surface area (Å²) in [4.78, 5) is 0.